The van der Waals surface area contributed by atoms with Crippen molar-refractivity contribution in [3.8, 4) is 0 Å². The first-order valence-electron chi connectivity index (χ1n) is 2.86. The van der Waals surface area contributed by atoms with Crippen LogP contribution < -0.4 is 0 Å². The van der Waals surface area contributed by atoms with E-state index in [4.69, 9.17) is 4.74 Å². The lowest BCUT2D eigenvalue weighted by Crippen LogP contribution is -2.12. The molecule has 2 nitrogen and oxygen atoms in total. The molecule has 0 radical (unpaired) electrons. The molecule has 0 spiro atoms. The molecular weight excluding hydrogens is 116 g/mol. The Hall–Kier alpha value is -0.790. The van der Waals surface area contributed by atoms with E-state index in [1.54, 1.807) is 6.92 Å². The summed E-state index contributed by atoms with van der Waals surface area (Å²) in [6.45, 7) is 8.64. The zero-order chi connectivity index (χ0) is 7.44. The van der Waals surface area contributed by atoms with Gasteiger partial charge in [0.05, 0.1) is 0 Å². The van der Waals surface area contributed by atoms with Crippen LogP contribution in [0.2, 0.25) is 0 Å². The topological polar surface area (TPSA) is 26.3 Å². The van der Waals surface area contributed by atoms with Crippen molar-refractivity contribution in [1.82, 2.24) is 0 Å². The van der Waals surface area contributed by atoms with Crippen molar-refractivity contribution in [1.29, 1.82) is 0 Å². The summed E-state index contributed by atoms with van der Waals surface area (Å²) in [6, 6.07) is 0. The van der Waals surface area contributed by atoms with Crippen LogP contribution in [-0.4, -0.2) is 12.1 Å². The average Bonchev–Trinajstić information content (AvgIpc) is 1.63. The van der Waals surface area contributed by atoms with E-state index in [0.717, 1.165) is 5.57 Å². The normalized spacial score (nSPS) is 12.3. The maximum absolute atomic E-state index is 10.3. The number of carbonyl (C=O) groups excluding carboxylic acids is 1. The SMILES string of the molecule is C=C(C)[C@@H](C)OC(C)=O. The molecule has 1 atom stereocenters. The first-order valence-corrected chi connectivity index (χ1v) is 2.86. The third-order valence-corrected chi connectivity index (χ3v) is 1.04. The minimum Gasteiger partial charge on any atom is -0.458 e. The van der Waals surface area contributed by atoms with Crippen molar-refractivity contribution in [2.75, 3.05) is 0 Å². The van der Waals surface area contributed by atoms with Gasteiger partial charge >= 0.3 is 5.97 Å². The number of hydrogen-bond acceptors (Lipinski definition) is 2. The Morgan fingerprint density at radius 2 is 2.00 bits per heavy atom. The van der Waals surface area contributed by atoms with Gasteiger partial charge in [-0.25, -0.2) is 0 Å². The first kappa shape index (κ1) is 8.21. The van der Waals surface area contributed by atoms with E-state index in [1.165, 1.54) is 6.92 Å². The Bertz CT molecular complexity index is 127. The zero-order valence-electron chi connectivity index (χ0n) is 6.10. The second kappa shape index (κ2) is 3.28. The lowest BCUT2D eigenvalue weighted by Gasteiger charge is -2.09. The van der Waals surface area contributed by atoms with Crippen LogP contribution in [0.5, 0.6) is 0 Å². The Morgan fingerprint density at radius 1 is 1.56 bits per heavy atom. The van der Waals surface area contributed by atoms with E-state index in [9.17, 15) is 4.79 Å². The van der Waals surface area contributed by atoms with Crippen LogP contribution in [0, 0.1) is 0 Å². The summed E-state index contributed by atoms with van der Waals surface area (Å²) >= 11 is 0. The highest BCUT2D eigenvalue weighted by Crippen LogP contribution is 2.01. The maximum Gasteiger partial charge on any atom is 0.303 e. The molecule has 0 aliphatic carbocycles. The molecular formula is C7H12O2. The highest BCUT2D eigenvalue weighted by Gasteiger charge is 2.03. The summed E-state index contributed by atoms with van der Waals surface area (Å²) in [5, 5.41) is 0. The van der Waals surface area contributed by atoms with Gasteiger partial charge in [-0.2, -0.15) is 0 Å². The van der Waals surface area contributed by atoms with Crippen LogP contribution in [0.1, 0.15) is 20.8 Å². The van der Waals surface area contributed by atoms with E-state index >= 15 is 0 Å². The average molecular weight is 128 g/mol. The molecule has 9 heavy (non-hydrogen) atoms. The van der Waals surface area contributed by atoms with Gasteiger partial charge in [0.25, 0.3) is 0 Å². The molecule has 52 valence electrons. The number of hydrogen-bond donors (Lipinski definition) is 0. The highest BCUT2D eigenvalue weighted by atomic mass is 16.5. The minimum absolute atomic E-state index is 0.150. The monoisotopic (exact) mass is 128 g/mol. The third-order valence-electron chi connectivity index (χ3n) is 1.04. The lowest BCUT2D eigenvalue weighted by atomic mass is 10.2. The second-order valence-corrected chi connectivity index (χ2v) is 2.10. The molecule has 0 saturated carbocycles. The van der Waals surface area contributed by atoms with Gasteiger partial charge in [-0.3, -0.25) is 4.79 Å². The van der Waals surface area contributed by atoms with E-state index in [1.807, 2.05) is 6.92 Å². The largest absolute Gasteiger partial charge is 0.458 e. The molecule has 2 heteroatoms. The van der Waals surface area contributed by atoms with Gasteiger partial charge in [0, 0.05) is 6.92 Å². The molecule has 0 saturated heterocycles. The summed E-state index contributed by atoms with van der Waals surface area (Å²) in [7, 11) is 0. The number of rotatable bonds is 2. The maximum atomic E-state index is 10.3. The molecule has 0 fully saturated rings. The molecule has 0 aliphatic heterocycles. The van der Waals surface area contributed by atoms with Crippen LogP contribution in [0.4, 0.5) is 0 Å². The van der Waals surface area contributed by atoms with Gasteiger partial charge < -0.3 is 4.74 Å². The number of esters is 1. The van der Waals surface area contributed by atoms with Crippen molar-refractivity contribution < 1.29 is 9.53 Å². The zero-order valence-corrected chi connectivity index (χ0v) is 6.10. The fraction of sp³-hybridized carbons (Fsp3) is 0.571. The number of ether oxygens (including phenoxy) is 1. The summed E-state index contributed by atoms with van der Waals surface area (Å²) in [5.41, 5.74) is 0.866. The molecule has 0 amide bonds. The summed E-state index contributed by atoms with van der Waals surface area (Å²) in [5.74, 6) is -0.259. The molecule has 0 unspecified atom stereocenters. The Kier molecular flexibility index (Phi) is 2.99. The van der Waals surface area contributed by atoms with Gasteiger partial charge in [0.2, 0.25) is 0 Å². The van der Waals surface area contributed by atoms with Crippen molar-refractivity contribution in [2.45, 2.75) is 26.9 Å². The van der Waals surface area contributed by atoms with Crippen molar-refractivity contribution in [3.63, 3.8) is 0 Å². The van der Waals surface area contributed by atoms with Crippen LogP contribution >= 0.6 is 0 Å². The molecule has 0 bridgehead atoms. The summed E-state index contributed by atoms with van der Waals surface area (Å²) in [6.07, 6.45) is -0.150. The molecule has 0 aromatic carbocycles. The van der Waals surface area contributed by atoms with Crippen LogP contribution in [0.15, 0.2) is 12.2 Å². The first-order chi connectivity index (χ1) is 4.04. The van der Waals surface area contributed by atoms with Crippen LogP contribution in [0.3, 0.4) is 0 Å². The van der Waals surface area contributed by atoms with Crippen LogP contribution in [-0.2, 0) is 9.53 Å². The van der Waals surface area contributed by atoms with Crippen molar-refractivity contribution in [3.05, 3.63) is 12.2 Å². The molecule has 0 aliphatic rings. The van der Waals surface area contributed by atoms with Gasteiger partial charge in [-0.15, -0.1) is 0 Å². The Labute approximate surface area is 55.5 Å². The van der Waals surface area contributed by atoms with Crippen LogP contribution in [0.25, 0.3) is 0 Å². The predicted octanol–water partition coefficient (Wildman–Crippen LogP) is 1.51. The van der Waals surface area contributed by atoms with Crippen molar-refractivity contribution in [2.24, 2.45) is 0 Å². The third kappa shape index (κ3) is 3.76. The Balaban J connectivity index is 3.63. The van der Waals surface area contributed by atoms with E-state index < -0.39 is 0 Å². The van der Waals surface area contributed by atoms with Crippen molar-refractivity contribution >= 4 is 5.97 Å². The van der Waals surface area contributed by atoms with E-state index in [-0.39, 0.29) is 12.1 Å². The second-order valence-electron chi connectivity index (χ2n) is 2.10. The van der Waals surface area contributed by atoms with Gasteiger partial charge in [-0.1, -0.05) is 6.58 Å². The molecule has 0 rings (SSSR count). The van der Waals surface area contributed by atoms with Gasteiger partial charge in [0.1, 0.15) is 6.10 Å². The fourth-order valence-electron chi connectivity index (χ4n) is 0.350. The van der Waals surface area contributed by atoms with Gasteiger partial charge in [-0.05, 0) is 19.4 Å². The molecule has 0 N–H and O–H groups in total. The quantitative estimate of drug-likeness (QED) is 0.416. The Morgan fingerprint density at radius 3 is 2.11 bits per heavy atom. The minimum atomic E-state index is -0.259. The summed E-state index contributed by atoms with van der Waals surface area (Å²) < 4.78 is 4.77. The molecule has 0 aromatic heterocycles. The smallest absolute Gasteiger partial charge is 0.303 e. The number of carbonyl (C=O) groups is 1. The molecule has 0 heterocycles. The van der Waals surface area contributed by atoms with E-state index in [0.29, 0.717) is 0 Å². The van der Waals surface area contributed by atoms with Gasteiger partial charge in [0.15, 0.2) is 0 Å². The highest BCUT2D eigenvalue weighted by molar-refractivity contribution is 5.66. The predicted molar refractivity (Wildman–Crippen MR) is 36.0 cm³/mol. The summed E-state index contributed by atoms with van der Waals surface area (Å²) in [4.78, 5) is 10.3. The fourth-order valence-corrected chi connectivity index (χ4v) is 0.350. The standard InChI is InChI=1S/C7H12O2/c1-5(2)6(3)9-7(4)8/h6H,1H2,2-4H3/t6-/m1/s1. The lowest BCUT2D eigenvalue weighted by molar-refractivity contribution is -0.143. The molecule has 0 aromatic rings. The van der Waals surface area contributed by atoms with E-state index in [2.05, 4.69) is 6.58 Å².